The molecule has 0 radical (unpaired) electrons. The van der Waals surface area contributed by atoms with Crippen LogP contribution < -0.4 is 4.74 Å². The first-order valence-corrected chi connectivity index (χ1v) is 9.16. The molecular weight excluding hydrogens is 310 g/mol. The van der Waals surface area contributed by atoms with Crippen molar-refractivity contribution in [2.45, 2.75) is 37.2 Å². The quantitative estimate of drug-likeness (QED) is 0.815. The first-order chi connectivity index (χ1) is 11.0. The molecule has 122 valence electrons. The highest BCUT2D eigenvalue weighted by molar-refractivity contribution is 7.89. The van der Waals surface area contributed by atoms with Crippen LogP contribution in [0, 0.1) is 6.92 Å². The summed E-state index contributed by atoms with van der Waals surface area (Å²) in [6.07, 6.45) is 1.86. The van der Waals surface area contributed by atoms with Crippen LogP contribution >= 0.6 is 0 Å². The minimum atomic E-state index is -3.47. The van der Waals surface area contributed by atoms with Crippen LogP contribution in [-0.4, -0.2) is 25.9 Å². The average Bonchev–Trinajstić information content (AvgIpc) is 3.38. The predicted molar refractivity (Wildman–Crippen MR) is 89.9 cm³/mol. The second kappa shape index (κ2) is 6.34. The Hall–Kier alpha value is -1.85. The Bertz CT molecular complexity index is 763. The number of aryl methyl sites for hydroxylation is 1. The second-order valence-corrected chi connectivity index (χ2v) is 7.83. The fourth-order valence-corrected chi connectivity index (χ4v) is 4.20. The summed E-state index contributed by atoms with van der Waals surface area (Å²) in [6.45, 7) is 2.34. The van der Waals surface area contributed by atoms with Crippen LogP contribution in [0.15, 0.2) is 53.4 Å². The topological polar surface area (TPSA) is 46.6 Å². The first-order valence-electron chi connectivity index (χ1n) is 7.72. The maximum atomic E-state index is 13.0. The van der Waals surface area contributed by atoms with Crippen LogP contribution in [0.5, 0.6) is 5.75 Å². The van der Waals surface area contributed by atoms with Crippen molar-refractivity contribution >= 4 is 10.0 Å². The van der Waals surface area contributed by atoms with Crippen LogP contribution in [0.4, 0.5) is 0 Å². The number of ether oxygens (including phenoxy) is 1. The van der Waals surface area contributed by atoms with Crippen LogP contribution in [0.25, 0.3) is 0 Å². The number of hydrogen-bond donors (Lipinski definition) is 0. The van der Waals surface area contributed by atoms with Crippen molar-refractivity contribution in [3.8, 4) is 5.75 Å². The first kappa shape index (κ1) is 16.0. The largest absolute Gasteiger partial charge is 0.497 e. The van der Waals surface area contributed by atoms with Crippen LogP contribution in [-0.2, 0) is 16.6 Å². The number of nitrogens with zero attached hydrogens (tertiary/aromatic N) is 1. The molecule has 0 unspecified atom stereocenters. The minimum absolute atomic E-state index is 0.114. The van der Waals surface area contributed by atoms with Gasteiger partial charge >= 0.3 is 0 Å². The van der Waals surface area contributed by atoms with E-state index in [2.05, 4.69) is 0 Å². The predicted octanol–water partition coefficient (Wildman–Crippen LogP) is 3.36. The smallest absolute Gasteiger partial charge is 0.243 e. The van der Waals surface area contributed by atoms with Crippen molar-refractivity contribution in [2.24, 2.45) is 0 Å². The molecule has 0 heterocycles. The van der Waals surface area contributed by atoms with Gasteiger partial charge in [0.2, 0.25) is 10.0 Å². The maximum absolute atomic E-state index is 13.0. The van der Waals surface area contributed by atoms with E-state index >= 15 is 0 Å². The number of hydrogen-bond acceptors (Lipinski definition) is 3. The van der Waals surface area contributed by atoms with E-state index < -0.39 is 10.0 Å². The molecule has 0 atom stereocenters. The lowest BCUT2D eigenvalue weighted by atomic mass is 10.2. The molecule has 0 saturated heterocycles. The summed E-state index contributed by atoms with van der Waals surface area (Å²) in [5.41, 5.74) is 2.02. The minimum Gasteiger partial charge on any atom is -0.497 e. The van der Waals surface area contributed by atoms with Crippen molar-refractivity contribution in [1.82, 2.24) is 4.31 Å². The van der Waals surface area contributed by atoms with Crippen molar-refractivity contribution in [1.29, 1.82) is 0 Å². The summed E-state index contributed by atoms with van der Waals surface area (Å²) in [7, 11) is -1.85. The normalized spacial score (nSPS) is 14.9. The molecule has 0 spiro atoms. The molecule has 4 nitrogen and oxygen atoms in total. The molecule has 1 saturated carbocycles. The van der Waals surface area contributed by atoms with Crippen molar-refractivity contribution < 1.29 is 13.2 Å². The van der Waals surface area contributed by atoms with Gasteiger partial charge in [-0.2, -0.15) is 4.31 Å². The molecule has 23 heavy (non-hydrogen) atoms. The van der Waals surface area contributed by atoms with E-state index in [1.807, 2.05) is 43.3 Å². The monoisotopic (exact) mass is 331 g/mol. The SMILES string of the molecule is COc1ccc(CN(C2CC2)S(=O)(=O)c2ccc(C)cc2)cc1. The number of benzene rings is 2. The lowest BCUT2D eigenvalue weighted by molar-refractivity contribution is 0.397. The third-order valence-electron chi connectivity index (χ3n) is 4.08. The van der Waals surface area contributed by atoms with E-state index in [1.165, 1.54) is 0 Å². The molecule has 3 rings (SSSR count). The Kier molecular flexibility index (Phi) is 4.41. The number of rotatable bonds is 6. The molecule has 1 aliphatic carbocycles. The molecule has 0 bridgehead atoms. The maximum Gasteiger partial charge on any atom is 0.243 e. The zero-order valence-corrected chi connectivity index (χ0v) is 14.2. The van der Waals surface area contributed by atoms with E-state index in [-0.39, 0.29) is 6.04 Å². The van der Waals surface area contributed by atoms with Gasteiger partial charge in [0.1, 0.15) is 5.75 Å². The van der Waals surface area contributed by atoms with Gasteiger partial charge in [0.15, 0.2) is 0 Å². The lowest BCUT2D eigenvalue weighted by Gasteiger charge is -2.22. The van der Waals surface area contributed by atoms with Crippen LogP contribution in [0.1, 0.15) is 24.0 Å². The Morgan fingerprint density at radius 2 is 1.65 bits per heavy atom. The molecule has 0 aromatic heterocycles. The van der Waals surface area contributed by atoms with Gasteiger partial charge in [-0.3, -0.25) is 0 Å². The highest BCUT2D eigenvalue weighted by Crippen LogP contribution is 2.33. The van der Waals surface area contributed by atoms with Gasteiger partial charge in [-0.1, -0.05) is 29.8 Å². The standard InChI is InChI=1S/C18H21NO3S/c1-14-3-11-18(12-4-14)23(20,21)19(16-7-8-16)13-15-5-9-17(22-2)10-6-15/h3-6,9-12,16H,7-8,13H2,1-2H3. The van der Waals surface area contributed by atoms with Crippen molar-refractivity contribution in [2.75, 3.05) is 7.11 Å². The Balaban J connectivity index is 1.87. The van der Waals surface area contributed by atoms with Crippen molar-refractivity contribution in [3.05, 3.63) is 59.7 Å². The summed E-state index contributed by atoms with van der Waals surface area (Å²) < 4.78 is 32.7. The summed E-state index contributed by atoms with van der Waals surface area (Å²) in [4.78, 5) is 0.364. The zero-order valence-electron chi connectivity index (χ0n) is 13.4. The van der Waals surface area contributed by atoms with Gasteiger partial charge in [-0.05, 0) is 49.6 Å². The summed E-state index contributed by atoms with van der Waals surface area (Å²) in [5, 5.41) is 0. The summed E-state index contributed by atoms with van der Waals surface area (Å²) >= 11 is 0. The zero-order chi connectivity index (χ0) is 16.4. The Morgan fingerprint density at radius 3 is 2.17 bits per heavy atom. The highest BCUT2D eigenvalue weighted by atomic mass is 32.2. The van der Waals surface area contributed by atoms with E-state index in [1.54, 1.807) is 23.5 Å². The van der Waals surface area contributed by atoms with Gasteiger partial charge in [0.05, 0.1) is 12.0 Å². The summed E-state index contributed by atoms with van der Waals surface area (Å²) in [6, 6.07) is 14.7. The Labute approximate surface area is 137 Å². The van der Waals surface area contributed by atoms with Crippen LogP contribution in [0.3, 0.4) is 0 Å². The number of sulfonamides is 1. The average molecular weight is 331 g/mol. The molecule has 5 heteroatoms. The molecule has 1 aliphatic rings. The van der Waals surface area contributed by atoms with Crippen molar-refractivity contribution in [3.63, 3.8) is 0 Å². The molecule has 2 aromatic carbocycles. The summed E-state index contributed by atoms with van der Waals surface area (Å²) in [5.74, 6) is 0.771. The fraction of sp³-hybridized carbons (Fsp3) is 0.333. The molecule has 0 N–H and O–H groups in total. The van der Waals surface area contributed by atoms with E-state index in [0.717, 1.165) is 29.7 Å². The van der Waals surface area contributed by atoms with Gasteiger partial charge in [-0.25, -0.2) is 8.42 Å². The second-order valence-electron chi connectivity index (χ2n) is 5.94. The highest BCUT2D eigenvalue weighted by Gasteiger charge is 2.37. The third kappa shape index (κ3) is 3.57. The van der Waals surface area contributed by atoms with Gasteiger partial charge in [0.25, 0.3) is 0 Å². The van der Waals surface area contributed by atoms with Crippen LogP contribution in [0.2, 0.25) is 0 Å². The molecule has 2 aromatic rings. The fourth-order valence-electron chi connectivity index (χ4n) is 2.53. The molecular formula is C18H21NO3S. The lowest BCUT2D eigenvalue weighted by Crippen LogP contribution is -2.32. The molecule has 0 aliphatic heterocycles. The van der Waals surface area contributed by atoms with Gasteiger partial charge in [0, 0.05) is 12.6 Å². The van der Waals surface area contributed by atoms with E-state index in [0.29, 0.717) is 11.4 Å². The molecule has 1 fully saturated rings. The third-order valence-corrected chi connectivity index (χ3v) is 5.99. The van der Waals surface area contributed by atoms with Gasteiger partial charge < -0.3 is 4.74 Å². The number of methoxy groups -OCH3 is 1. The van der Waals surface area contributed by atoms with E-state index in [9.17, 15) is 8.42 Å². The molecule has 0 amide bonds. The van der Waals surface area contributed by atoms with E-state index in [4.69, 9.17) is 4.74 Å². The Morgan fingerprint density at radius 1 is 1.04 bits per heavy atom. The van der Waals surface area contributed by atoms with Gasteiger partial charge in [-0.15, -0.1) is 0 Å².